The highest BCUT2D eigenvalue weighted by molar-refractivity contribution is 5.86. The fourth-order valence-electron chi connectivity index (χ4n) is 3.03. The Hall–Kier alpha value is -3.41. The van der Waals surface area contributed by atoms with E-state index in [1.54, 1.807) is 30.5 Å². The first-order valence-electron chi connectivity index (χ1n) is 8.62. The van der Waals surface area contributed by atoms with Gasteiger partial charge in [0.05, 0.1) is 23.6 Å². The highest BCUT2D eigenvalue weighted by atomic mass is 16.5. The summed E-state index contributed by atoms with van der Waals surface area (Å²) in [5.41, 5.74) is 4.12. The van der Waals surface area contributed by atoms with Crippen molar-refractivity contribution < 1.29 is 13.9 Å². The molecule has 2 aromatic heterocycles. The van der Waals surface area contributed by atoms with Crippen LogP contribution in [0.25, 0.3) is 21.9 Å². The number of benzene rings is 2. The summed E-state index contributed by atoms with van der Waals surface area (Å²) < 4.78 is 10.8. The summed E-state index contributed by atoms with van der Waals surface area (Å²) in [6.07, 6.45) is 1.67. The van der Waals surface area contributed by atoms with Crippen LogP contribution in [-0.4, -0.2) is 15.9 Å². The van der Waals surface area contributed by atoms with E-state index in [-0.39, 0.29) is 18.6 Å². The maximum atomic E-state index is 12.2. The zero-order valence-corrected chi connectivity index (χ0v) is 15.0. The number of hydrogen-bond donors (Lipinski definition) is 1. The van der Waals surface area contributed by atoms with Gasteiger partial charge in [0.15, 0.2) is 0 Å². The lowest BCUT2D eigenvalue weighted by atomic mass is 10.0. The van der Waals surface area contributed by atoms with Crippen molar-refractivity contribution in [3.63, 3.8) is 0 Å². The van der Waals surface area contributed by atoms with E-state index in [4.69, 9.17) is 9.15 Å². The molecule has 0 bridgehead atoms. The average molecular weight is 362 g/mol. The number of hydrogen-bond acceptors (Lipinski definition) is 5. The maximum absolute atomic E-state index is 12.2. The smallest absolute Gasteiger partial charge is 0.310 e. The van der Waals surface area contributed by atoms with Gasteiger partial charge in [-0.25, -0.2) is 4.98 Å². The molecule has 0 atom stereocenters. The van der Waals surface area contributed by atoms with Crippen molar-refractivity contribution in [3.05, 3.63) is 75.5 Å². The van der Waals surface area contributed by atoms with Gasteiger partial charge in [0, 0.05) is 10.9 Å². The molecule has 0 saturated carbocycles. The van der Waals surface area contributed by atoms with Crippen LogP contribution in [0, 0.1) is 13.8 Å². The van der Waals surface area contributed by atoms with E-state index in [1.165, 1.54) is 0 Å². The molecule has 6 heteroatoms. The number of aromatic amines is 1. The van der Waals surface area contributed by atoms with Crippen LogP contribution in [0.2, 0.25) is 0 Å². The molecule has 0 unspecified atom stereocenters. The third kappa shape index (κ3) is 3.33. The molecule has 0 spiro atoms. The number of H-pyrrole nitrogens is 1. The van der Waals surface area contributed by atoms with Gasteiger partial charge in [-0.1, -0.05) is 12.1 Å². The molecule has 136 valence electrons. The topological polar surface area (TPSA) is 85.2 Å². The summed E-state index contributed by atoms with van der Waals surface area (Å²) in [5.74, 6) is -0.0951. The van der Waals surface area contributed by atoms with Crippen molar-refractivity contribution in [1.29, 1.82) is 0 Å². The fourth-order valence-corrected chi connectivity index (χ4v) is 3.03. The minimum absolute atomic E-state index is 0.0904. The summed E-state index contributed by atoms with van der Waals surface area (Å²) >= 11 is 0. The molecular formula is C21H18N2O4. The zero-order chi connectivity index (χ0) is 19.0. The number of furan rings is 1. The van der Waals surface area contributed by atoms with Crippen molar-refractivity contribution >= 4 is 27.8 Å². The number of aromatic nitrogens is 2. The highest BCUT2D eigenvalue weighted by Crippen LogP contribution is 2.25. The fraction of sp³-hybridized carbons (Fsp3) is 0.190. The first kappa shape index (κ1) is 17.0. The standard InChI is InChI=1S/C21H18N2O4/c1-12-7-16-14(10-26-18(16)8-13(12)2)9-20(24)27-11-19-22-17-6-4-3-5-15(17)21(25)23-19/h3-8,10H,9,11H2,1-2H3,(H,22,23,25). The normalized spacial score (nSPS) is 11.2. The van der Waals surface area contributed by atoms with Crippen LogP contribution in [0.4, 0.5) is 0 Å². The van der Waals surface area contributed by atoms with Gasteiger partial charge in [-0.15, -0.1) is 0 Å². The van der Waals surface area contributed by atoms with Crippen molar-refractivity contribution in [3.8, 4) is 0 Å². The predicted octanol–water partition coefficient (Wildman–Crippen LogP) is 3.57. The first-order chi connectivity index (χ1) is 13.0. The minimum Gasteiger partial charge on any atom is -0.464 e. The van der Waals surface area contributed by atoms with E-state index >= 15 is 0 Å². The Morgan fingerprint density at radius 2 is 1.93 bits per heavy atom. The number of ether oxygens (including phenoxy) is 1. The lowest BCUT2D eigenvalue weighted by Gasteiger charge is -2.05. The SMILES string of the molecule is Cc1cc2occ(CC(=O)OCc3nc4ccccc4c(=O)[nH]3)c2cc1C. The molecule has 0 fully saturated rings. The Labute approximate surface area is 154 Å². The lowest BCUT2D eigenvalue weighted by Crippen LogP contribution is -2.15. The molecule has 4 rings (SSSR count). The molecule has 0 amide bonds. The van der Waals surface area contributed by atoms with Crippen LogP contribution < -0.4 is 5.56 Å². The second-order valence-corrected chi connectivity index (χ2v) is 6.56. The van der Waals surface area contributed by atoms with Gasteiger partial charge in [0.1, 0.15) is 18.0 Å². The van der Waals surface area contributed by atoms with Crippen LogP contribution in [0.1, 0.15) is 22.5 Å². The highest BCUT2D eigenvalue weighted by Gasteiger charge is 2.13. The van der Waals surface area contributed by atoms with Gasteiger partial charge in [-0.2, -0.15) is 0 Å². The summed E-state index contributed by atoms with van der Waals surface area (Å²) in [6, 6.07) is 11.0. The van der Waals surface area contributed by atoms with E-state index in [2.05, 4.69) is 9.97 Å². The van der Waals surface area contributed by atoms with E-state index in [0.29, 0.717) is 16.7 Å². The summed E-state index contributed by atoms with van der Waals surface area (Å²) in [5, 5.41) is 1.41. The van der Waals surface area contributed by atoms with E-state index in [0.717, 1.165) is 27.7 Å². The van der Waals surface area contributed by atoms with Crippen LogP contribution in [0.5, 0.6) is 0 Å². The summed E-state index contributed by atoms with van der Waals surface area (Å²) in [6.45, 7) is 3.95. The number of nitrogens with zero attached hydrogens (tertiary/aromatic N) is 1. The third-order valence-corrected chi connectivity index (χ3v) is 4.64. The Morgan fingerprint density at radius 3 is 2.78 bits per heavy atom. The molecule has 27 heavy (non-hydrogen) atoms. The zero-order valence-electron chi connectivity index (χ0n) is 15.0. The molecule has 2 heterocycles. The summed E-state index contributed by atoms with van der Waals surface area (Å²) in [4.78, 5) is 31.3. The Balaban J connectivity index is 1.49. The van der Waals surface area contributed by atoms with E-state index in [9.17, 15) is 9.59 Å². The Morgan fingerprint density at radius 1 is 1.15 bits per heavy atom. The quantitative estimate of drug-likeness (QED) is 0.561. The predicted molar refractivity (Wildman–Crippen MR) is 102 cm³/mol. The van der Waals surface area contributed by atoms with Gasteiger partial charge < -0.3 is 14.1 Å². The number of nitrogens with one attached hydrogen (secondary N) is 1. The second-order valence-electron chi connectivity index (χ2n) is 6.56. The summed E-state index contributed by atoms with van der Waals surface area (Å²) in [7, 11) is 0. The molecule has 4 aromatic rings. The van der Waals surface area contributed by atoms with Crippen molar-refractivity contribution in [1.82, 2.24) is 9.97 Å². The number of carbonyl (C=O) groups excluding carboxylic acids is 1. The second kappa shape index (κ2) is 6.72. The molecule has 0 aliphatic heterocycles. The number of para-hydroxylation sites is 1. The Bertz CT molecular complexity index is 1220. The van der Waals surface area contributed by atoms with Gasteiger partial charge >= 0.3 is 5.97 Å². The number of carbonyl (C=O) groups is 1. The van der Waals surface area contributed by atoms with Crippen LogP contribution in [0.15, 0.2) is 51.9 Å². The molecule has 6 nitrogen and oxygen atoms in total. The van der Waals surface area contributed by atoms with Crippen molar-refractivity contribution in [2.75, 3.05) is 0 Å². The third-order valence-electron chi connectivity index (χ3n) is 4.64. The minimum atomic E-state index is -0.410. The number of aryl methyl sites for hydroxylation is 2. The number of esters is 1. The monoisotopic (exact) mass is 362 g/mol. The molecule has 1 N–H and O–H groups in total. The molecule has 0 aliphatic carbocycles. The lowest BCUT2D eigenvalue weighted by molar-refractivity contribution is -0.144. The van der Waals surface area contributed by atoms with Crippen molar-refractivity contribution in [2.24, 2.45) is 0 Å². The van der Waals surface area contributed by atoms with E-state index in [1.807, 2.05) is 26.0 Å². The average Bonchev–Trinajstić information content (AvgIpc) is 3.02. The maximum Gasteiger partial charge on any atom is 0.310 e. The molecule has 0 aliphatic rings. The largest absolute Gasteiger partial charge is 0.464 e. The molecule has 0 radical (unpaired) electrons. The van der Waals surface area contributed by atoms with Gasteiger partial charge in [-0.05, 0) is 49.2 Å². The van der Waals surface area contributed by atoms with Gasteiger partial charge in [0.2, 0.25) is 0 Å². The molecule has 2 aromatic carbocycles. The van der Waals surface area contributed by atoms with Crippen LogP contribution in [-0.2, 0) is 22.6 Å². The number of rotatable bonds is 4. The van der Waals surface area contributed by atoms with Crippen molar-refractivity contribution in [2.45, 2.75) is 26.9 Å². The molecule has 0 saturated heterocycles. The first-order valence-corrected chi connectivity index (χ1v) is 8.62. The Kier molecular flexibility index (Phi) is 4.24. The van der Waals surface area contributed by atoms with Gasteiger partial charge in [0.25, 0.3) is 5.56 Å². The van der Waals surface area contributed by atoms with E-state index < -0.39 is 5.97 Å². The number of fused-ring (bicyclic) bond motifs is 2. The molecular weight excluding hydrogens is 344 g/mol. The van der Waals surface area contributed by atoms with Gasteiger partial charge in [-0.3, -0.25) is 9.59 Å². The van der Waals surface area contributed by atoms with Crippen LogP contribution >= 0.6 is 0 Å². The van der Waals surface area contributed by atoms with Crippen LogP contribution in [0.3, 0.4) is 0 Å².